The van der Waals surface area contributed by atoms with E-state index in [1.165, 1.54) is 6.07 Å². The lowest BCUT2D eigenvalue weighted by atomic mass is 10.1. The molecule has 0 bridgehead atoms. The first-order valence-electron chi connectivity index (χ1n) is 9.54. The predicted molar refractivity (Wildman–Crippen MR) is 117 cm³/mol. The molecule has 1 aliphatic heterocycles. The van der Waals surface area contributed by atoms with E-state index in [4.69, 9.17) is 11.6 Å². The first kappa shape index (κ1) is 21.1. The average molecular weight is 458 g/mol. The van der Waals surface area contributed by atoms with Gasteiger partial charge in [0, 0.05) is 36.4 Å². The minimum Gasteiger partial charge on any atom is -0.342 e. The number of imidazole rings is 1. The Morgan fingerprint density at radius 3 is 2.68 bits per heavy atom. The van der Waals surface area contributed by atoms with Crippen LogP contribution in [0.3, 0.4) is 0 Å². The lowest BCUT2D eigenvalue weighted by Gasteiger charge is -2.19. The molecule has 0 unspecified atom stereocenters. The lowest BCUT2D eigenvalue weighted by Crippen LogP contribution is -2.31. The highest BCUT2D eigenvalue weighted by molar-refractivity contribution is 7.90. The Balaban J connectivity index is 1.47. The topological polar surface area (TPSA) is 105 Å². The van der Waals surface area contributed by atoms with Crippen LogP contribution in [0.4, 0.5) is 0 Å². The summed E-state index contributed by atoms with van der Waals surface area (Å²) in [4.78, 5) is 21.5. The molecule has 0 spiro atoms. The third-order valence-corrected chi connectivity index (χ3v) is 6.55. The molecular formula is C21H20ClN5O3S. The van der Waals surface area contributed by atoms with Gasteiger partial charge in [-0.05, 0) is 29.8 Å². The summed E-state index contributed by atoms with van der Waals surface area (Å²) in [5, 5.41) is 3.58. The van der Waals surface area contributed by atoms with Gasteiger partial charge in [0.05, 0.1) is 11.4 Å². The molecule has 0 saturated heterocycles. The van der Waals surface area contributed by atoms with Gasteiger partial charge in [-0.3, -0.25) is 14.5 Å². The first-order valence-corrected chi connectivity index (χ1v) is 11.4. The van der Waals surface area contributed by atoms with Gasteiger partial charge in [0.1, 0.15) is 17.7 Å². The number of nitrogens with zero attached hydrogens (tertiary/aromatic N) is 3. The van der Waals surface area contributed by atoms with Crippen LogP contribution in [0.1, 0.15) is 29.4 Å². The van der Waals surface area contributed by atoms with Gasteiger partial charge >= 0.3 is 0 Å². The molecule has 0 fully saturated rings. The molecule has 0 aliphatic carbocycles. The smallest absolute Gasteiger partial charge is 0.263 e. The number of hydrogen-bond acceptors (Lipinski definition) is 5. The fourth-order valence-electron chi connectivity index (χ4n) is 3.36. The van der Waals surface area contributed by atoms with Gasteiger partial charge in [0.15, 0.2) is 0 Å². The normalized spacial score (nSPS) is 16.5. The number of sulfonamides is 1. The summed E-state index contributed by atoms with van der Waals surface area (Å²) in [6, 6.07) is 13.3. The number of hydrogen-bond donors (Lipinski definition) is 2. The molecule has 3 aromatic rings. The monoisotopic (exact) mass is 457 g/mol. The number of carbonyl (C=O) groups is 1. The number of nitrogens with one attached hydrogen (secondary N) is 2. The van der Waals surface area contributed by atoms with E-state index in [0.29, 0.717) is 16.4 Å². The number of amidine groups is 1. The summed E-state index contributed by atoms with van der Waals surface area (Å²) < 4.78 is 28.6. The Kier molecular flexibility index (Phi) is 5.79. The minimum atomic E-state index is -3.60. The lowest BCUT2D eigenvalue weighted by molar-refractivity contribution is -0.121. The molecule has 0 saturated carbocycles. The van der Waals surface area contributed by atoms with Gasteiger partial charge in [-0.25, -0.2) is 13.4 Å². The molecule has 4 rings (SSSR count). The van der Waals surface area contributed by atoms with Gasteiger partial charge in [-0.1, -0.05) is 35.9 Å². The molecule has 0 radical (unpaired) electrons. The zero-order valence-corrected chi connectivity index (χ0v) is 18.2. The number of halogens is 1. The van der Waals surface area contributed by atoms with Crippen molar-refractivity contribution in [3.05, 3.63) is 82.9 Å². The van der Waals surface area contributed by atoms with E-state index in [-0.39, 0.29) is 29.6 Å². The van der Waals surface area contributed by atoms with Crippen LogP contribution >= 0.6 is 11.6 Å². The van der Waals surface area contributed by atoms with Crippen molar-refractivity contribution in [3.63, 3.8) is 0 Å². The molecule has 10 heteroatoms. The highest BCUT2D eigenvalue weighted by atomic mass is 35.5. The van der Waals surface area contributed by atoms with Crippen LogP contribution in [0.25, 0.3) is 0 Å². The van der Waals surface area contributed by atoms with E-state index in [2.05, 4.69) is 20.0 Å². The second-order valence-corrected chi connectivity index (χ2v) is 9.12. The summed E-state index contributed by atoms with van der Waals surface area (Å²) in [6.07, 6.45) is 3.56. The van der Waals surface area contributed by atoms with E-state index >= 15 is 0 Å². The summed E-state index contributed by atoms with van der Waals surface area (Å²) in [5.41, 5.74) is 1.35. The molecule has 31 heavy (non-hydrogen) atoms. The standard InChI is InChI=1S/C21H20ClN5O3S/c1-27-13-12-24-21(27)19(14-6-8-15(22)9-7-14)25-18(28)10-11-23-20-16-4-2-3-5-17(16)31(29,30)26-20/h2-9,12-13,19H,10-11H2,1H3,(H,23,26)(H,25,28)/t19-/m0/s1. The first-order chi connectivity index (χ1) is 14.8. The van der Waals surface area contributed by atoms with E-state index in [1.807, 2.05) is 23.7 Å². The van der Waals surface area contributed by atoms with Gasteiger partial charge in [0.25, 0.3) is 10.0 Å². The van der Waals surface area contributed by atoms with Crippen LogP contribution in [0.5, 0.6) is 0 Å². The Morgan fingerprint density at radius 1 is 1.23 bits per heavy atom. The summed E-state index contributed by atoms with van der Waals surface area (Å²) >= 11 is 5.99. The predicted octanol–water partition coefficient (Wildman–Crippen LogP) is 2.41. The Hall–Kier alpha value is -3.17. The fraction of sp³-hybridized carbons (Fsp3) is 0.190. The number of fused-ring (bicyclic) bond motifs is 1. The average Bonchev–Trinajstić information content (AvgIpc) is 3.28. The number of rotatable bonds is 6. The number of aliphatic imine (C=N–C) groups is 1. The van der Waals surface area contributed by atoms with Crippen molar-refractivity contribution in [2.24, 2.45) is 12.0 Å². The zero-order chi connectivity index (χ0) is 22.0. The summed E-state index contributed by atoms with van der Waals surface area (Å²) in [6.45, 7) is 0.131. The van der Waals surface area contributed by atoms with Crippen LogP contribution < -0.4 is 10.0 Å². The van der Waals surface area contributed by atoms with Crippen molar-refractivity contribution >= 4 is 33.4 Å². The molecule has 2 N–H and O–H groups in total. The number of amides is 1. The van der Waals surface area contributed by atoms with Crippen LogP contribution in [0, 0.1) is 0 Å². The number of aromatic nitrogens is 2. The number of benzene rings is 2. The molecule has 8 nitrogen and oxygen atoms in total. The van der Waals surface area contributed by atoms with Gasteiger partial charge < -0.3 is 9.88 Å². The van der Waals surface area contributed by atoms with Crippen LogP contribution in [0.15, 0.2) is 70.8 Å². The largest absolute Gasteiger partial charge is 0.342 e. The van der Waals surface area contributed by atoms with Gasteiger partial charge in [0.2, 0.25) is 5.91 Å². The fourth-order valence-corrected chi connectivity index (χ4v) is 4.74. The van der Waals surface area contributed by atoms with E-state index in [9.17, 15) is 13.2 Å². The highest BCUT2D eigenvalue weighted by Crippen LogP contribution is 2.23. The molecule has 1 aromatic heterocycles. The SMILES string of the molecule is Cn1ccnc1[C@@H](NC(=O)CCN=C1NS(=O)(=O)c2ccccc21)c1ccc(Cl)cc1. The highest BCUT2D eigenvalue weighted by Gasteiger charge is 2.30. The second-order valence-electron chi connectivity index (χ2n) is 7.03. The molecule has 1 atom stereocenters. The van der Waals surface area contributed by atoms with Crippen LogP contribution in [-0.2, 0) is 21.9 Å². The van der Waals surface area contributed by atoms with Crippen molar-refractivity contribution in [3.8, 4) is 0 Å². The van der Waals surface area contributed by atoms with Crippen molar-refractivity contribution in [2.45, 2.75) is 17.4 Å². The molecule has 2 aromatic carbocycles. The minimum absolute atomic E-state index is 0.0852. The maximum atomic E-state index is 12.7. The molecule has 1 amide bonds. The van der Waals surface area contributed by atoms with Crippen molar-refractivity contribution < 1.29 is 13.2 Å². The maximum absolute atomic E-state index is 12.7. The number of aryl methyl sites for hydroxylation is 1. The van der Waals surface area contributed by atoms with E-state index in [1.54, 1.807) is 42.7 Å². The quantitative estimate of drug-likeness (QED) is 0.592. The Morgan fingerprint density at radius 2 is 1.97 bits per heavy atom. The molecule has 160 valence electrons. The van der Waals surface area contributed by atoms with Gasteiger partial charge in [-0.2, -0.15) is 0 Å². The van der Waals surface area contributed by atoms with E-state index < -0.39 is 16.1 Å². The maximum Gasteiger partial charge on any atom is 0.263 e. The molecular weight excluding hydrogens is 438 g/mol. The summed E-state index contributed by atoms with van der Waals surface area (Å²) in [7, 11) is -1.75. The molecule has 1 aliphatic rings. The van der Waals surface area contributed by atoms with Gasteiger partial charge in [-0.15, -0.1) is 0 Å². The summed E-state index contributed by atoms with van der Waals surface area (Å²) in [5.74, 6) is 0.697. The molecule has 2 heterocycles. The Labute approximate surface area is 185 Å². The van der Waals surface area contributed by atoms with E-state index in [0.717, 1.165) is 5.56 Å². The van der Waals surface area contributed by atoms with Crippen LogP contribution in [0.2, 0.25) is 5.02 Å². The van der Waals surface area contributed by atoms with Crippen molar-refractivity contribution in [1.29, 1.82) is 0 Å². The zero-order valence-electron chi connectivity index (χ0n) is 16.6. The third kappa shape index (κ3) is 4.47. The van der Waals surface area contributed by atoms with Crippen molar-refractivity contribution in [1.82, 2.24) is 19.6 Å². The Bertz CT molecular complexity index is 1250. The van der Waals surface area contributed by atoms with Crippen LogP contribution in [-0.4, -0.2) is 36.3 Å². The second kappa shape index (κ2) is 8.52. The third-order valence-electron chi connectivity index (χ3n) is 4.90. The number of carbonyl (C=O) groups excluding carboxylic acids is 1. The van der Waals surface area contributed by atoms with Crippen molar-refractivity contribution in [2.75, 3.05) is 6.54 Å².